The molecule has 1 aromatic rings. The predicted molar refractivity (Wildman–Crippen MR) is 142 cm³/mol. The van der Waals surface area contributed by atoms with Gasteiger partial charge in [0.05, 0.1) is 46.9 Å². The molecule has 3 rings (SSSR count). The van der Waals surface area contributed by atoms with E-state index in [0.29, 0.717) is 9.13 Å². The standard InChI is InChI=1S/C24H35IO11S/c1-9-14(23(29)37-22-11(3)34-13(30-4)8-12(22)26)18(31-5)21(33-7)19(15(9)25)36-24-17(28)20(32-6)16(27)10(2)35-24/h10-13,16-17,20,22,24,26-28H,8H2,1-7H3. The van der Waals surface area contributed by atoms with Crippen LogP contribution in [-0.2, 0) is 18.9 Å². The number of thioether (sulfide) groups is 1. The van der Waals surface area contributed by atoms with Gasteiger partial charge in [-0.2, -0.15) is 0 Å². The summed E-state index contributed by atoms with van der Waals surface area (Å²) in [6.45, 7) is 5.17. The van der Waals surface area contributed by atoms with E-state index >= 15 is 0 Å². The maximum atomic E-state index is 13.6. The van der Waals surface area contributed by atoms with Gasteiger partial charge in [0.1, 0.15) is 18.3 Å². The number of halogens is 1. The van der Waals surface area contributed by atoms with Gasteiger partial charge in [0.15, 0.2) is 17.8 Å². The van der Waals surface area contributed by atoms with Gasteiger partial charge in [0.2, 0.25) is 17.2 Å². The third kappa shape index (κ3) is 6.14. The highest BCUT2D eigenvalue weighted by molar-refractivity contribution is 14.1. The van der Waals surface area contributed by atoms with E-state index in [9.17, 15) is 20.1 Å². The van der Waals surface area contributed by atoms with Crippen molar-refractivity contribution in [2.45, 2.75) is 81.6 Å². The average Bonchev–Trinajstić information content (AvgIpc) is 2.87. The van der Waals surface area contributed by atoms with Crippen LogP contribution in [0.1, 0.15) is 36.2 Å². The molecular formula is C24H35IO11S. The van der Waals surface area contributed by atoms with E-state index in [4.69, 9.17) is 33.2 Å². The molecule has 210 valence electrons. The monoisotopic (exact) mass is 658 g/mol. The summed E-state index contributed by atoms with van der Waals surface area (Å²) in [5.74, 6) is 0.486. The Morgan fingerprint density at radius 3 is 2.14 bits per heavy atom. The van der Waals surface area contributed by atoms with Crippen molar-refractivity contribution < 1.29 is 53.3 Å². The molecule has 11 nitrogen and oxygen atoms in total. The molecule has 2 aliphatic rings. The van der Waals surface area contributed by atoms with Crippen LogP contribution in [0.15, 0.2) is 0 Å². The summed E-state index contributed by atoms with van der Waals surface area (Å²) in [4.78, 5) is 13.6. The number of rotatable bonds is 8. The first-order valence-electron chi connectivity index (χ1n) is 11.7. The predicted octanol–water partition coefficient (Wildman–Crippen LogP) is 1.86. The van der Waals surface area contributed by atoms with Gasteiger partial charge in [-0.3, -0.25) is 4.79 Å². The molecule has 0 bridgehead atoms. The van der Waals surface area contributed by atoms with Crippen molar-refractivity contribution in [2.24, 2.45) is 0 Å². The van der Waals surface area contributed by atoms with Crippen LogP contribution in [0.5, 0.6) is 17.2 Å². The first kappa shape index (κ1) is 30.6. The number of carbonyl (C=O) groups is 1. The second-order valence-electron chi connectivity index (χ2n) is 8.90. The molecular weight excluding hydrogens is 623 g/mol. The van der Waals surface area contributed by atoms with E-state index in [1.54, 1.807) is 20.8 Å². The molecule has 3 N–H and O–H groups in total. The van der Waals surface area contributed by atoms with Crippen LogP contribution >= 0.6 is 34.4 Å². The fourth-order valence-corrected chi connectivity index (χ4v) is 6.29. The number of hydrogen-bond acceptors (Lipinski definition) is 12. The molecule has 37 heavy (non-hydrogen) atoms. The molecule has 13 heteroatoms. The van der Waals surface area contributed by atoms with Crippen molar-refractivity contribution >= 4 is 39.5 Å². The number of ether oxygens (including phenoxy) is 7. The molecule has 0 radical (unpaired) electrons. The van der Waals surface area contributed by atoms with E-state index < -0.39 is 54.5 Å². The quantitative estimate of drug-likeness (QED) is 0.351. The Kier molecular flexibility index (Phi) is 10.7. The molecule has 9 atom stereocenters. The van der Waals surface area contributed by atoms with Crippen LogP contribution in [0.2, 0.25) is 0 Å². The van der Waals surface area contributed by atoms with Crippen LogP contribution in [0.3, 0.4) is 0 Å². The van der Waals surface area contributed by atoms with Gasteiger partial charge < -0.3 is 48.5 Å². The molecule has 0 amide bonds. The Morgan fingerprint density at radius 1 is 0.946 bits per heavy atom. The number of benzene rings is 1. The summed E-state index contributed by atoms with van der Waals surface area (Å²) in [6.07, 6.45) is -6.68. The number of aliphatic hydroxyl groups is 3. The Labute approximate surface area is 234 Å². The Morgan fingerprint density at radius 2 is 1.59 bits per heavy atom. The Bertz CT molecular complexity index is 951. The Hall–Kier alpha value is -0.910. The van der Waals surface area contributed by atoms with Crippen LogP contribution in [-0.4, -0.2) is 103 Å². The number of hydrogen-bond donors (Lipinski definition) is 3. The molecule has 2 saturated heterocycles. The maximum absolute atomic E-state index is 13.6. The molecule has 0 aliphatic carbocycles. The third-order valence-electron chi connectivity index (χ3n) is 6.59. The minimum Gasteiger partial charge on any atom is -0.492 e. The van der Waals surface area contributed by atoms with E-state index in [-0.39, 0.29) is 34.3 Å². The normalized spacial score (nSPS) is 34.2. The summed E-state index contributed by atoms with van der Waals surface area (Å²) in [6, 6.07) is 0. The van der Waals surface area contributed by atoms with Crippen molar-refractivity contribution in [3.63, 3.8) is 0 Å². The van der Waals surface area contributed by atoms with Crippen molar-refractivity contribution in [1.29, 1.82) is 0 Å². The minimum atomic E-state index is -1.30. The number of aliphatic hydroxyl groups excluding tert-OH is 3. The highest BCUT2D eigenvalue weighted by atomic mass is 127. The van der Waals surface area contributed by atoms with Gasteiger partial charge in [0.25, 0.3) is 0 Å². The molecule has 9 unspecified atom stereocenters. The van der Waals surface area contributed by atoms with E-state index in [1.165, 1.54) is 28.4 Å². The summed E-state index contributed by atoms with van der Waals surface area (Å²) >= 11 is 2.99. The first-order chi connectivity index (χ1) is 17.5. The SMILES string of the molecule is COc1c(OC2OC(C)C(O)C(OC)C2O)c(I)c(C)c(C(=O)SC2C(O)CC(OC)OC2C)c1OC. The van der Waals surface area contributed by atoms with E-state index in [1.807, 2.05) is 22.6 Å². The van der Waals surface area contributed by atoms with Gasteiger partial charge in [-0.25, -0.2) is 0 Å². The summed E-state index contributed by atoms with van der Waals surface area (Å²) in [5.41, 5.74) is 0.819. The second kappa shape index (κ2) is 13.0. The van der Waals surface area contributed by atoms with Crippen LogP contribution in [0.25, 0.3) is 0 Å². The van der Waals surface area contributed by atoms with Gasteiger partial charge in [-0.15, -0.1) is 0 Å². The second-order valence-corrected chi connectivity index (χ2v) is 11.1. The lowest BCUT2D eigenvalue weighted by Crippen LogP contribution is -2.59. The molecule has 0 saturated carbocycles. The summed E-state index contributed by atoms with van der Waals surface area (Å²) in [7, 11) is 5.70. The third-order valence-corrected chi connectivity index (χ3v) is 9.28. The molecule has 1 aromatic carbocycles. The van der Waals surface area contributed by atoms with E-state index in [0.717, 1.165) is 11.8 Å². The topological polar surface area (TPSA) is 142 Å². The largest absolute Gasteiger partial charge is 0.492 e. The van der Waals surface area contributed by atoms with Crippen LogP contribution < -0.4 is 14.2 Å². The average molecular weight is 659 g/mol. The van der Waals surface area contributed by atoms with Gasteiger partial charge in [-0.1, -0.05) is 11.8 Å². The van der Waals surface area contributed by atoms with E-state index in [2.05, 4.69) is 0 Å². The zero-order chi connectivity index (χ0) is 27.6. The highest BCUT2D eigenvalue weighted by Gasteiger charge is 2.45. The minimum absolute atomic E-state index is 0.137. The van der Waals surface area contributed by atoms with Gasteiger partial charge in [0, 0.05) is 20.6 Å². The fourth-order valence-electron chi connectivity index (χ4n) is 4.51. The highest BCUT2D eigenvalue weighted by Crippen LogP contribution is 2.48. The summed E-state index contributed by atoms with van der Waals surface area (Å²) in [5, 5.41) is 30.8. The maximum Gasteiger partial charge on any atom is 0.229 e. The number of carbonyl (C=O) groups excluding carboxylic acids is 1. The molecule has 0 aromatic heterocycles. The zero-order valence-corrected chi connectivity index (χ0v) is 24.8. The lowest BCUT2D eigenvalue weighted by Gasteiger charge is -2.40. The number of methoxy groups -OCH3 is 4. The van der Waals surface area contributed by atoms with Crippen LogP contribution in [0, 0.1) is 10.5 Å². The van der Waals surface area contributed by atoms with Crippen molar-refractivity contribution in [2.75, 3.05) is 28.4 Å². The molecule has 2 heterocycles. The smallest absolute Gasteiger partial charge is 0.229 e. The molecule has 2 fully saturated rings. The van der Waals surface area contributed by atoms with Crippen molar-refractivity contribution in [3.8, 4) is 17.2 Å². The van der Waals surface area contributed by atoms with Crippen molar-refractivity contribution in [3.05, 3.63) is 14.7 Å². The van der Waals surface area contributed by atoms with Gasteiger partial charge >= 0.3 is 0 Å². The molecule has 2 aliphatic heterocycles. The summed E-state index contributed by atoms with van der Waals surface area (Å²) < 4.78 is 39.8. The zero-order valence-electron chi connectivity index (χ0n) is 21.8. The fraction of sp³-hybridized carbons (Fsp3) is 0.708. The first-order valence-corrected chi connectivity index (χ1v) is 13.7. The van der Waals surface area contributed by atoms with Gasteiger partial charge in [-0.05, 0) is 48.9 Å². The van der Waals surface area contributed by atoms with Crippen LogP contribution in [0.4, 0.5) is 0 Å². The van der Waals surface area contributed by atoms with Crippen molar-refractivity contribution in [1.82, 2.24) is 0 Å². The lowest BCUT2D eigenvalue weighted by atomic mass is 9.99. The lowest BCUT2D eigenvalue weighted by molar-refractivity contribution is -0.273. The molecule has 0 spiro atoms. The Balaban J connectivity index is 1.95.